The Morgan fingerprint density at radius 2 is 1.80 bits per heavy atom. The maximum Gasteiger partial charge on any atom is 0.501 e. The predicted octanol–water partition coefficient (Wildman–Crippen LogP) is 3.17. The molecule has 0 saturated heterocycles. The van der Waals surface area contributed by atoms with Crippen LogP contribution in [-0.4, -0.2) is 31.4 Å². The van der Waals surface area contributed by atoms with E-state index in [0.717, 1.165) is 30.0 Å². The van der Waals surface area contributed by atoms with E-state index in [-0.39, 0.29) is 5.69 Å². The molecule has 5 nitrogen and oxygen atoms in total. The Morgan fingerprint density at radius 1 is 1.15 bits per heavy atom. The van der Waals surface area contributed by atoms with Crippen molar-refractivity contribution in [2.45, 2.75) is 10.4 Å². The SMILES string of the molecule is O=S(=O)(c1ccc(/N=N/C2=NCCS2)cc1)C(F)(F)F. The molecular weight excluding hydrogens is 315 g/mol. The molecule has 0 aromatic heterocycles. The Bertz CT molecular complexity index is 651. The van der Waals surface area contributed by atoms with Gasteiger partial charge in [0, 0.05) is 5.75 Å². The molecular formula is C10H8F3N3O2S2. The maximum absolute atomic E-state index is 12.3. The van der Waals surface area contributed by atoms with Gasteiger partial charge in [0.25, 0.3) is 9.84 Å². The monoisotopic (exact) mass is 323 g/mol. The van der Waals surface area contributed by atoms with E-state index in [2.05, 4.69) is 15.2 Å². The third-order valence-electron chi connectivity index (χ3n) is 2.27. The molecule has 0 aliphatic carbocycles. The van der Waals surface area contributed by atoms with Crippen LogP contribution in [0.1, 0.15) is 0 Å². The van der Waals surface area contributed by atoms with Crippen LogP contribution in [0.5, 0.6) is 0 Å². The van der Waals surface area contributed by atoms with Crippen molar-refractivity contribution in [2.24, 2.45) is 15.2 Å². The number of thioether (sulfide) groups is 1. The fourth-order valence-electron chi connectivity index (χ4n) is 1.31. The first-order chi connectivity index (χ1) is 9.30. The highest BCUT2D eigenvalue weighted by Crippen LogP contribution is 2.31. The minimum absolute atomic E-state index is 0.251. The second-order valence-corrected chi connectivity index (χ2v) is 6.66. The molecule has 0 N–H and O–H groups in total. The van der Waals surface area contributed by atoms with Gasteiger partial charge >= 0.3 is 5.51 Å². The van der Waals surface area contributed by atoms with Crippen LogP contribution in [0.25, 0.3) is 0 Å². The van der Waals surface area contributed by atoms with Crippen molar-refractivity contribution >= 4 is 32.5 Å². The topological polar surface area (TPSA) is 71.2 Å². The van der Waals surface area contributed by atoms with Crippen molar-refractivity contribution in [3.05, 3.63) is 24.3 Å². The van der Waals surface area contributed by atoms with Crippen LogP contribution < -0.4 is 0 Å². The molecule has 1 aliphatic rings. The average molecular weight is 323 g/mol. The molecule has 1 aliphatic heterocycles. The zero-order chi connectivity index (χ0) is 14.8. The first-order valence-electron chi connectivity index (χ1n) is 5.31. The summed E-state index contributed by atoms with van der Waals surface area (Å²) >= 11 is 1.42. The molecule has 0 radical (unpaired) electrons. The van der Waals surface area contributed by atoms with Crippen LogP contribution in [0.4, 0.5) is 18.9 Å². The summed E-state index contributed by atoms with van der Waals surface area (Å²) in [6.45, 7) is 0.655. The first-order valence-corrected chi connectivity index (χ1v) is 7.78. The number of alkyl halides is 3. The van der Waals surface area contributed by atoms with E-state index >= 15 is 0 Å². The molecule has 0 spiro atoms. The highest BCUT2D eigenvalue weighted by atomic mass is 32.2. The van der Waals surface area contributed by atoms with Crippen molar-refractivity contribution in [1.29, 1.82) is 0 Å². The Hall–Kier alpha value is -1.42. The minimum atomic E-state index is -5.32. The van der Waals surface area contributed by atoms with E-state index in [0.29, 0.717) is 11.7 Å². The predicted molar refractivity (Wildman–Crippen MR) is 69.0 cm³/mol. The largest absolute Gasteiger partial charge is 0.501 e. The van der Waals surface area contributed by atoms with Crippen LogP contribution in [0.2, 0.25) is 0 Å². The quantitative estimate of drug-likeness (QED) is 0.785. The van der Waals surface area contributed by atoms with Crippen LogP contribution in [0.15, 0.2) is 44.4 Å². The Labute approximate surface area is 116 Å². The number of amidine groups is 1. The van der Waals surface area contributed by atoms with Crippen molar-refractivity contribution < 1.29 is 21.6 Å². The van der Waals surface area contributed by atoms with Crippen LogP contribution >= 0.6 is 11.8 Å². The van der Waals surface area contributed by atoms with Crippen molar-refractivity contribution in [2.75, 3.05) is 12.3 Å². The lowest BCUT2D eigenvalue weighted by Crippen LogP contribution is -2.23. The van der Waals surface area contributed by atoms with Gasteiger partial charge in [-0.25, -0.2) is 8.42 Å². The summed E-state index contributed by atoms with van der Waals surface area (Å²) in [5.74, 6) is 0.817. The van der Waals surface area contributed by atoms with Gasteiger partial charge in [0.2, 0.25) is 5.17 Å². The summed E-state index contributed by atoms with van der Waals surface area (Å²) in [5.41, 5.74) is -5.06. The molecule has 108 valence electrons. The second kappa shape index (κ2) is 5.52. The Morgan fingerprint density at radius 3 is 2.30 bits per heavy atom. The number of rotatable bonds is 2. The molecule has 0 amide bonds. The highest BCUT2D eigenvalue weighted by Gasteiger charge is 2.46. The number of benzene rings is 1. The van der Waals surface area contributed by atoms with Gasteiger partial charge in [-0.1, -0.05) is 11.8 Å². The molecule has 0 bridgehead atoms. The average Bonchev–Trinajstić information content (AvgIpc) is 2.88. The van der Waals surface area contributed by atoms with Crippen LogP contribution in [-0.2, 0) is 9.84 Å². The molecule has 20 heavy (non-hydrogen) atoms. The van der Waals surface area contributed by atoms with Gasteiger partial charge in [0.1, 0.15) is 0 Å². The summed E-state index contributed by atoms with van der Waals surface area (Å²) in [6, 6.07) is 4.01. The summed E-state index contributed by atoms with van der Waals surface area (Å²) in [5, 5.41) is 8.07. The molecule has 10 heteroatoms. The molecule has 1 aromatic rings. The second-order valence-electron chi connectivity index (χ2n) is 3.66. The van der Waals surface area contributed by atoms with Crippen LogP contribution in [0, 0.1) is 0 Å². The molecule has 1 heterocycles. The van der Waals surface area contributed by atoms with Crippen LogP contribution in [0.3, 0.4) is 0 Å². The fraction of sp³-hybridized carbons (Fsp3) is 0.300. The zero-order valence-electron chi connectivity index (χ0n) is 9.83. The summed E-state index contributed by atoms with van der Waals surface area (Å²) < 4.78 is 59.2. The van der Waals surface area contributed by atoms with E-state index in [4.69, 9.17) is 0 Å². The smallest absolute Gasteiger partial charge is 0.258 e. The van der Waals surface area contributed by atoms with Gasteiger partial charge in [0.15, 0.2) is 0 Å². The number of nitrogens with zero attached hydrogens (tertiary/aromatic N) is 3. The lowest BCUT2D eigenvalue weighted by molar-refractivity contribution is -0.0436. The first kappa shape index (κ1) is 15.0. The molecule has 0 unspecified atom stereocenters. The molecule has 0 saturated carbocycles. The zero-order valence-corrected chi connectivity index (χ0v) is 11.5. The lowest BCUT2D eigenvalue weighted by Gasteiger charge is -2.07. The number of aliphatic imine (C=N–C) groups is 1. The van der Waals surface area contributed by atoms with Crippen molar-refractivity contribution in [3.8, 4) is 0 Å². The lowest BCUT2D eigenvalue weighted by atomic mass is 10.3. The van der Waals surface area contributed by atoms with Gasteiger partial charge in [-0.2, -0.15) is 13.2 Å². The summed E-state index contributed by atoms with van der Waals surface area (Å²) in [4.78, 5) is 3.19. The van der Waals surface area contributed by atoms with E-state index in [1.54, 1.807) is 0 Å². The number of sulfone groups is 1. The standard InChI is InChI=1S/C10H8F3N3O2S2/c11-10(12,13)20(17,18)8-3-1-7(2-4-8)15-16-9-14-5-6-19-9/h1-4H,5-6H2/b16-15+. The van der Waals surface area contributed by atoms with E-state index < -0.39 is 20.2 Å². The molecule has 1 aromatic carbocycles. The summed E-state index contributed by atoms with van der Waals surface area (Å²) in [7, 11) is -5.32. The number of azo groups is 1. The fourth-order valence-corrected chi connectivity index (χ4v) is 2.72. The molecule has 0 atom stereocenters. The maximum atomic E-state index is 12.3. The minimum Gasteiger partial charge on any atom is -0.258 e. The van der Waals surface area contributed by atoms with Gasteiger partial charge in [0.05, 0.1) is 17.1 Å². The molecule has 0 fully saturated rings. The van der Waals surface area contributed by atoms with Crippen molar-refractivity contribution in [3.63, 3.8) is 0 Å². The van der Waals surface area contributed by atoms with Gasteiger partial charge in [-0.3, -0.25) is 4.99 Å². The van der Waals surface area contributed by atoms with E-state index in [1.165, 1.54) is 11.8 Å². The van der Waals surface area contributed by atoms with Gasteiger partial charge in [-0.15, -0.1) is 10.2 Å². The van der Waals surface area contributed by atoms with E-state index in [1.807, 2.05) is 0 Å². The number of hydrogen-bond acceptors (Lipinski definition) is 6. The number of hydrogen-bond donors (Lipinski definition) is 0. The van der Waals surface area contributed by atoms with E-state index in [9.17, 15) is 21.6 Å². The number of halogens is 3. The third-order valence-corrected chi connectivity index (χ3v) is 4.63. The third kappa shape index (κ3) is 3.18. The van der Waals surface area contributed by atoms with Gasteiger partial charge < -0.3 is 0 Å². The Balaban J connectivity index is 2.19. The molecule has 2 rings (SSSR count). The highest BCUT2D eigenvalue weighted by molar-refractivity contribution is 8.14. The van der Waals surface area contributed by atoms with Crippen molar-refractivity contribution in [1.82, 2.24) is 0 Å². The van der Waals surface area contributed by atoms with Gasteiger partial charge in [-0.05, 0) is 24.3 Å². The Kier molecular flexibility index (Phi) is 4.14. The normalized spacial score (nSPS) is 16.6. The summed E-state index contributed by atoms with van der Waals surface area (Å²) in [6.07, 6.45) is 0.